The molecule has 1 aliphatic rings. The standard InChI is InChI=1S/C16H23NO4S/c1-11(2)21-16(20)15-4-3-14(22-15)13(19)7-10-17-8-5-12(18)6-9-17/h3-4,11,13,19H,5-10H2,1-2H3. The smallest absolute Gasteiger partial charge is 0.348 e. The molecule has 0 aliphatic carbocycles. The van der Waals surface area contributed by atoms with Gasteiger partial charge in [-0.15, -0.1) is 11.3 Å². The van der Waals surface area contributed by atoms with E-state index in [1.165, 1.54) is 11.3 Å². The summed E-state index contributed by atoms with van der Waals surface area (Å²) in [7, 11) is 0. The Morgan fingerprint density at radius 3 is 2.68 bits per heavy atom. The van der Waals surface area contributed by atoms with Gasteiger partial charge >= 0.3 is 5.97 Å². The lowest BCUT2D eigenvalue weighted by molar-refractivity contribution is -0.121. The SMILES string of the molecule is CC(C)OC(=O)c1ccc(C(O)CCN2CCC(=O)CC2)s1. The lowest BCUT2D eigenvalue weighted by atomic mass is 10.1. The van der Waals surface area contributed by atoms with Gasteiger partial charge in [0.1, 0.15) is 10.7 Å². The average molecular weight is 325 g/mol. The van der Waals surface area contributed by atoms with E-state index in [0.29, 0.717) is 29.9 Å². The van der Waals surface area contributed by atoms with Gasteiger partial charge in [0.05, 0.1) is 12.2 Å². The van der Waals surface area contributed by atoms with Crippen LogP contribution in [0.1, 0.15) is 53.8 Å². The van der Waals surface area contributed by atoms with Gasteiger partial charge in [0.15, 0.2) is 0 Å². The molecule has 1 N–H and O–H groups in total. The number of carbonyl (C=O) groups excluding carboxylic acids is 2. The maximum Gasteiger partial charge on any atom is 0.348 e. The van der Waals surface area contributed by atoms with Gasteiger partial charge in [0.25, 0.3) is 0 Å². The number of likely N-dealkylation sites (tertiary alicyclic amines) is 1. The third kappa shape index (κ3) is 4.90. The summed E-state index contributed by atoms with van der Waals surface area (Å²) in [6.07, 6.45) is 1.10. The molecule has 0 amide bonds. The number of aliphatic hydroxyl groups excluding tert-OH is 1. The van der Waals surface area contributed by atoms with Crippen molar-refractivity contribution in [2.24, 2.45) is 0 Å². The van der Waals surface area contributed by atoms with Gasteiger partial charge in [0.2, 0.25) is 0 Å². The molecule has 0 bridgehead atoms. The average Bonchev–Trinajstić information content (AvgIpc) is 2.95. The first-order valence-corrected chi connectivity index (χ1v) is 8.50. The largest absolute Gasteiger partial charge is 0.459 e. The topological polar surface area (TPSA) is 66.8 Å². The van der Waals surface area contributed by atoms with Crippen molar-refractivity contribution in [3.8, 4) is 0 Å². The fourth-order valence-electron chi connectivity index (χ4n) is 2.39. The van der Waals surface area contributed by atoms with E-state index in [0.717, 1.165) is 24.5 Å². The fourth-order valence-corrected chi connectivity index (χ4v) is 3.30. The molecule has 1 aliphatic heterocycles. The van der Waals surface area contributed by atoms with Crippen LogP contribution in [-0.2, 0) is 9.53 Å². The summed E-state index contributed by atoms with van der Waals surface area (Å²) < 4.78 is 5.14. The fraction of sp³-hybridized carbons (Fsp3) is 0.625. The zero-order chi connectivity index (χ0) is 16.1. The van der Waals surface area contributed by atoms with Crippen molar-refractivity contribution in [3.63, 3.8) is 0 Å². The molecule has 22 heavy (non-hydrogen) atoms. The Labute approximate surface area is 134 Å². The molecule has 6 heteroatoms. The Hall–Kier alpha value is -1.24. The number of thiophene rings is 1. The van der Waals surface area contributed by atoms with Crippen molar-refractivity contribution in [3.05, 3.63) is 21.9 Å². The van der Waals surface area contributed by atoms with E-state index >= 15 is 0 Å². The molecule has 5 nitrogen and oxygen atoms in total. The molecule has 2 heterocycles. The molecule has 0 radical (unpaired) electrons. The number of ketones is 1. The highest BCUT2D eigenvalue weighted by atomic mass is 32.1. The summed E-state index contributed by atoms with van der Waals surface area (Å²) in [6.45, 7) is 5.94. The second-order valence-corrected chi connectivity index (χ2v) is 6.96. The summed E-state index contributed by atoms with van der Waals surface area (Å²) in [6, 6.07) is 3.49. The number of carbonyl (C=O) groups is 2. The van der Waals surface area contributed by atoms with Crippen molar-refractivity contribution < 1.29 is 19.4 Å². The monoisotopic (exact) mass is 325 g/mol. The minimum atomic E-state index is -0.580. The van der Waals surface area contributed by atoms with E-state index in [-0.39, 0.29) is 12.1 Å². The summed E-state index contributed by atoms with van der Waals surface area (Å²) in [4.78, 5) is 26.5. The van der Waals surface area contributed by atoms with E-state index in [1.807, 2.05) is 13.8 Å². The highest BCUT2D eigenvalue weighted by molar-refractivity contribution is 7.14. The summed E-state index contributed by atoms with van der Waals surface area (Å²) >= 11 is 1.28. The van der Waals surface area contributed by atoms with Crippen LogP contribution in [0.3, 0.4) is 0 Å². The van der Waals surface area contributed by atoms with Gasteiger partial charge in [-0.1, -0.05) is 0 Å². The molecule has 1 aromatic heterocycles. The van der Waals surface area contributed by atoms with E-state index in [9.17, 15) is 14.7 Å². The second-order valence-electron chi connectivity index (χ2n) is 5.84. The van der Waals surface area contributed by atoms with Crippen LogP contribution in [-0.4, -0.2) is 47.5 Å². The number of ether oxygens (including phenoxy) is 1. The van der Waals surface area contributed by atoms with E-state index in [1.54, 1.807) is 12.1 Å². The number of rotatable bonds is 6. The predicted octanol–water partition coefficient (Wildman–Crippen LogP) is 2.40. The Kier molecular flexibility index (Phi) is 6.11. The van der Waals surface area contributed by atoms with Crippen LogP contribution >= 0.6 is 11.3 Å². The first kappa shape index (κ1) is 17.1. The number of Topliss-reactive ketones (excluding diaryl/α,β-unsaturated/α-hetero) is 1. The number of hydrogen-bond acceptors (Lipinski definition) is 6. The molecule has 2 rings (SSSR count). The Balaban J connectivity index is 1.82. The van der Waals surface area contributed by atoms with Gasteiger partial charge < -0.3 is 14.7 Å². The van der Waals surface area contributed by atoms with Gasteiger partial charge in [0, 0.05) is 37.4 Å². The zero-order valence-electron chi connectivity index (χ0n) is 13.1. The molecule has 1 atom stereocenters. The summed E-state index contributed by atoms with van der Waals surface area (Å²) in [5, 5.41) is 10.2. The van der Waals surface area contributed by atoms with Crippen molar-refractivity contribution in [1.82, 2.24) is 4.90 Å². The molecule has 1 fully saturated rings. The second kappa shape index (κ2) is 7.85. The van der Waals surface area contributed by atoms with Crippen molar-refractivity contribution in [2.45, 2.75) is 45.3 Å². The predicted molar refractivity (Wildman–Crippen MR) is 85.1 cm³/mol. The minimum absolute atomic E-state index is 0.148. The maximum absolute atomic E-state index is 11.8. The third-order valence-corrected chi connectivity index (χ3v) is 4.80. The van der Waals surface area contributed by atoms with E-state index in [4.69, 9.17) is 4.74 Å². The van der Waals surface area contributed by atoms with Crippen molar-refractivity contribution in [1.29, 1.82) is 0 Å². The van der Waals surface area contributed by atoms with Crippen LogP contribution in [0.2, 0.25) is 0 Å². The van der Waals surface area contributed by atoms with Gasteiger partial charge in [-0.2, -0.15) is 0 Å². The summed E-state index contributed by atoms with van der Waals surface area (Å²) in [5.74, 6) is -0.0173. The molecule has 0 spiro atoms. The van der Waals surface area contributed by atoms with Crippen LogP contribution in [0, 0.1) is 0 Å². The normalized spacial score (nSPS) is 17.7. The molecule has 1 aromatic rings. The molecule has 122 valence electrons. The van der Waals surface area contributed by atoms with Crippen molar-refractivity contribution >= 4 is 23.1 Å². The van der Waals surface area contributed by atoms with Crippen LogP contribution in [0.4, 0.5) is 0 Å². The zero-order valence-corrected chi connectivity index (χ0v) is 13.9. The Morgan fingerprint density at radius 2 is 2.05 bits per heavy atom. The molecule has 0 aromatic carbocycles. The van der Waals surface area contributed by atoms with Crippen LogP contribution in [0.5, 0.6) is 0 Å². The lowest BCUT2D eigenvalue weighted by Crippen LogP contribution is -2.35. The minimum Gasteiger partial charge on any atom is -0.459 e. The van der Waals surface area contributed by atoms with Gasteiger partial charge in [-0.25, -0.2) is 4.79 Å². The number of hydrogen-bond donors (Lipinski definition) is 1. The number of piperidine rings is 1. The first-order valence-electron chi connectivity index (χ1n) is 7.68. The molecule has 1 unspecified atom stereocenters. The number of nitrogens with zero attached hydrogens (tertiary/aromatic N) is 1. The summed E-state index contributed by atoms with van der Waals surface area (Å²) in [5.41, 5.74) is 0. The van der Waals surface area contributed by atoms with Crippen LogP contribution in [0.25, 0.3) is 0 Å². The number of aliphatic hydroxyl groups is 1. The maximum atomic E-state index is 11.8. The quantitative estimate of drug-likeness (QED) is 0.814. The van der Waals surface area contributed by atoms with Crippen LogP contribution in [0.15, 0.2) is 12.1 Å². The third-order valence-electron chi connectivity index (χ3n) is 3.63. The van der Waals surface area contributed by atoms with Gasteiger partial charge in [-0.05, 0) is 32.4 Å². The Bertz CT molecular complexity index is 516. The van der Waals surface area contributed by atoms with Crippen LogP contribution < -0.4 is 0 Å². The first-order chi connectivity index (χ1) is 10.5. The van der Waals surface area contributed by atoms with Gasteiger partial charge in [-0.3, -0.25) is 4.79 Å². The van der Waals surface area contributed by atoms with E-state index in [2.05, 4.69) is 4.90 Å². The number of esters is 1. The molecule has 0 saturated carbocycles. The molecule has 1 saturated heterocycles. The van der Waals surface area contributed by atoms with E-state index < -0.39 is 6.10 Å². The van der Waals surface area contributed by atoms with Crippen molar-refractivity contribution in [2.75, 3.05) is 19.6 Å². The molecular weight excluding hydrogens is 302 g/mol. The molecular formula is C16H23NO4S. The Morgan fingerprint density at radius 1 is 1.36 bits per heavy atom. The highest BCUT2D eigenvalue weighted by Gasteiger charge is 2.19. The lowest BCUT2D eigenvalue weighted by Gasteiger charge is -2.26. The highest BCUT2D eigenvalue weighted by Crippen LogP contribution is 2.26.